The van der Waals surface area contributed by atoms with E-state index in [1.165, 1.54) is 19.4 Å². The normalized spacial score (nSPS) is 58.9. The van der Waals surface area contributed by atoms with Crippen LogP contribution in [0.15, 0.2) is 11.6 Å². The van der Waals surface area contributed by atoms with Gasteiger partial charge >= 0.3 is 0 Å². The summed E-state index contributed by atoms with van der Waals surface area (Å²) in [6, 6.07) is 0. The minimum Gasteiger partial charge on any atom is -0.394 e. The Balaban J connectivity index is 0.938. The molecule has 17 nitrogen and oxygen atoms in total. The maximum absolute atomic E-state index is 11.6. The molecule has 0 aromatic carbocycles. The van der Waals surface area contributed by atoms with Gasteiger partial charge in [0.2, 0.25) is 0 Å². The first kappa shape index (κ1) is 46.2. The summed E-state index contributed by atoms with van der Waals surface area (Å²) in [5.41, 5.74) is 1.31. The highest BCUT2D eigenvalue weighted by molar-refractivity contribution is 5.26. The zero-order chi connectivity index (χ0) is 44.4. The standard InChI is InChI=1S/C45H72O17/c1-18-13-29(47)45(55-17-18)19(2)30-27(62-45)15-26-24-8-7-22-14-23(9-11-43(22,5)25(24)10-12-44(26,30)6)58-42-39(61-41-37(54)35(52)32(49)21(4)57-41)38(33(50)28(16-46)59-42)60-40-36(53)34(51)31(48)20(3)56-40/h7,18-21,23-42,46-54H,8-17H2,1-6H3/t18-,19+,20+,21+,23+,24-,25+,26+,27+,28-,29+,30+,31+,32+,33-,34-,35-,36-,37-,38+,39-,40+,41+,42-,43+,44+,45+/m1/s1. The molecule has 27 atom stereocenters. The molecule has 3 saturated carbocycles. The Morgan fingerprint density at radius 2 is 1.34 bits per heavy atom. The second-order valence-electron chi connectivity index (χ2n) is 21.2. The van der Waals surface area contributed by atoms with Gasteiger partial charge in [0.05, 0.1) is 37.6 Å². The number of allylic oxidation sites excluding steroid dienone is 1. The molecule has 0 unspecified atom stereocenters. The highest BCUT2D eigenvalue weighted by Crippen LogP contribution is 2.70. The van der Waals surface area contributed by atoms with Gasteiger partial charge in [0.15, 0.2) is 24.7 Å². The van der Waals surface area contributed by atoms with E-state index in [0.717, 1.165) is 32.1 Å². The molecule has 4 aliphatic carbocycles. The molecule has 0 aromatic rings. The van der Waals surface area contributed by atoms with E-state index in [1.807, 2.05) is 0 Å². The third-order valence-electron chi connectivity index (χ3n) is 17.7. The summed E-state index contributed by atoms with van der Waals surface area (Å²) < 4.78 is 50.2. The van der Waals surface area contributed by atoms with Gasteiger partial charge in [-0.15, -0.1) is 0 Å². The summed E-state index contributed by atoms with van der Waals surface area (Å²) in [4.78, 5) is 0. The van der Waals surface area contributed by atoms with Crippen molar-refractivity contribution in [2.24, 2.45) is 46.3 Å². The van der Waals surface area contributed by atoms with Gasteiger partial charge in [0.1, 0.15) is 67.1 Å². The van der Waals surface area contributed by atoms with Crippen LogP contribution in [0.25, 0.3) is 0 Å². The summed E-state index contributed by atoms with van der Waals surface area (Å²) in [6.45, 7) is 12.1. The predicted octanol–water partition coefficient (Wildman–Crippen LogP) is 0.213. The predicted molar refractivity (Wildman–Crippen MR) is 214 cm³/mol. The van der Waals surface area contributed by atoms with Crippen LogP contribution in [0.4, 0.5) is 0 Å². The summed E-state index contributed by atoms with van der Waals surface area (Å²) in [7, 11) is 0. The van der Waals surface area contributed by atoms with E-state index in [1.54, 1.807) is 0 Å². The van der Waals surface area contributed by atoms with Crippen molar-refractivity contribution in [2.75, 3.05) is 13.2 Å². The Kier molecular flexibility index (Phi) is 12.7. The average Bonchev–Trinajstić information content (AvgIpc) is 3.70. The first-order chi connectivity index (χ1) is 29.3. The van der Waals surface area contributed by atoms with E-state index >= 15 is 0 Å². The zero-order valence-corrected chi connectivity index (χ0v) is 36.8. The van der Waals surface area contributed by atoms with Gasteiger partial charge in [0, 0.05) is 5.92 Å². The molecule has 5 heterocycles. The first-order valence-electron chi connectivity index (χ1n) is 23.3. The summed E-state index contributed by atoms with van der Waals surface area (Å²) >= 11 is 0. The molecule has 5 saturated heterocycles. The minimum atomic E-state index is -1.74. The van der Waals surface area contributed by atoms with Gasteiger partial charge in [-0.1, -0.05) is 39.3 Å². The number of ether oxygens (including phenoxy) is 8. The lowest BCUT2D eigenvalue weighted by Gasteiger charge is -2.59. The molecule has 0 amide bonds. The van der Waals surface area contributed by atoms with E-state index in [2.05, 4.69) is 33.8 Å². The van der Waals surface area contributed by atoms with Crippen LogP contribution in [0.2, 0.25) is 0 Å². The Bertz CT molecular complexity index is 1640. The minimum absolute atomic E-state index is 0.0496. The largest absolute Gasteiger partial charge is 0.394 e. The first-order valence-corrected chi connectivity index (χ1v) is 23.3. The molecule has 8 fully saturated rings. The lowest BCUT2D eigenvalue weighted by molar-refractivity contribution is -0.393. The fourth-order valence-corrected chi connectivity index (χ4v) is 14.1. The van der Waals surface area contributed by atoms with E-state index in [0.29, 0.717) is 55.5 Å². The van der Waals surface area contributed by atoms with Gasteiger partial charge in [-0.2, -0.15) is 0 Å². The molecule has 354 valence electrons. The van der Waals surface area contributed by atoms with Gasteiger partial charge < -0.3 is 83.9 Å². The molecule has 0 bridgehead atoms. The lowest BCUT2D eigenvalue weighted by atomic mass is 9.47. The van der Waals surface area contributed by atoms with Crippen LogP contribution >= 0.6 is 0 Å². The SMILES string of the molecule is C[C@H]1CO[C@@]2(O[C@H]3C[C@H]4[C@@H]5CC=C6C[C@@H](O[C@@H]7O[C@H](CO)[C@@H](O)[C@H](O[C@@H]8O[C@@H](C)[C@H](O)[C@@H](O)[C@H]8O)[C@H]7O[C@@H]7O[C@@H](C)[C@H](O)[C@@H](O)[C@H]7O)CC[C@]6(C)[C@H]5CC[C@]4(C)[C@H]3[C@@H]2C)[C@@H](O)C1. The van der Waals surface area contributed by atoms with Crippen LogP contribution in [0.3, 0.4) is 0 Å². The van der Waals surface area contributed by atoms with Crippen molar-refractivity contribution >= 4 is 0 Å². The second kappa shape index (κ2) is 17.0. The fraction of sp³-hybridized carbons (Fsp3) is 0.956. The Morgan fingerprint density at radius 3 is 1.97 bits per heavy atom. The number of rotatable bonds is 7. The zero-order valence-electron chi connectivity index (χ0n) is 36.8. The molecule has 17 heteroatoms. The maximum atomic E-state index is 11.6. The van der Waals surface area contributed by atoms with E-state index < -0.39 is 117 Å². The molecule has 9 aliphatic rings. The van der Waals surface area contributed by atoms with Crippen LogP contribution in [0, 0.1) is 46.3 Å². The Hall–Kier alpha value is -0.940. The van der Waals surface area contributed by atoms with Gasteiger partial charge in [0.25, 0.3) is 0 Å². The van der Waals surface area contributed by atoms with Crippen LogP contribution in [-0.2, 0) is 37.9 Å². The number of hydrogen-bond acceptors (Lipinski definition) is 17. The highest BCUT2D eigenvalue weighted by atomic mass is 16.8. The lowest BCUT2D eigenvalue weighted by Crippen LogP contribution is -2.67. The molecular formula is C45H72O17. The van der Waals surface area contributed by atoms with Crippen molar-refractivity contribution in [3.63, 3.8) is 0 Å². The quantitative estimate of drug-likeness (QED) is 0.155. The van der Waals surface area contributed by atoms with Crippen LogP contribution in [0.5, 0.6) is 0 Å². The van der Waals surface area contributed by atoms with Crippen molar-refractivity contribution in [3.05, 3.63) is 11.6 Å². The fourth-order valence-electron chi connectivity index (χ4n) is 14.1. The summed E-state index contributed by atoms with van der Waals surface area (Å²) in [5, 5.41) is 97.2. The topological polar surface area (TPSA) is 256 Å². The van der Waals surface area contributed by atoms with Gasteiger partial charge in [-0.05, 0) is 106 Å². The molecule has 9 N–H and O–H groups in total. The van der Waals surface area contributed by atoms with Crippen molar-refractivity contribution in [2.45, 2.75) is 209 Å². The van der Waals surface area contributed by atoms with Crippen molar-refractivity contribution < 1.29 is 83.9 Å². The molecular weight excluding hydrogens is 812 g/mol. The average molecular weight is 885 g/mol. The molecule has 9 rings (SSSR count). The Morgan fingerprint density at radius 1 is 0.694 bits per heavy atom. The van der Waals surface area contributed by atoms with E-state index in [4.69, 9.17) is 37.9 Å². The molecule has 5 aliphatic heterocycles. The van der Waals surface area contributed by atoms with Gasteiger partial charge in [-0.3, -0.25) is 0 Å². The molecule has 0 radical (unpaired) electrons. The summed E-state index contributed by atoms with van der Waals surface area (Å²) in [6.07, 6.45) is -13.6. The van der Waals surface area contributed by atoms with Gasteiger partial charge in [-0.25, -0.2) is 0 Å². The van der Waals surface area contributed by atoms with Crippen LogP contribution in [0.1, 0.15) is 92.9 Å². The number of aliphatic hydroxyl groups excluding tert-OH is 9. The molecule has 62 heavy (non-hydrogen) atoms. The summed E-state index contributed by atoms with van der Waals surface area (Å²) in [5.74, 6) is 1.18. The van der Waals surface area contributed by atoms with Crippen molar-refractivity contribution in [3.8, 4) is 0 Å². The number of aliphatic hydroxyl groups is 9. The van der Waals surface area contributed by atoms with Crippen LogP contribution < -0.4 is 0 Å². The monoisotopic (exact) mass is 884 g/mol. The van der Waals surface area contributed by atoms with Crippen LogP contribution in [-0.4, -0.2) is 175 Å². The van der Waals surface area contributed by atoms with Crippen molar-refractivity contribution in [1.29, 1.82) is 0 Å². The maximum Gasteiger partial charge on any atom is 0.197 e. The smallest absolute Gasteiger partial charge is 0.197 e. The van der Waals surface area contributed by atoms with E-state index in [-0.39, 0.29) is 22.9 Å². The third kappa shape index (κ3) is 7.31. The van der Waals surface area contributed by atoms with E-state index in [9.17, 15) is 46.0 Å². The highest BCUT2D eigenvalue weighted by Gasteiger charge is 2.70. The molecule has 0 aromatic heterocycles. The molecule has 1 spiro atoms. The second-order valence-corrected chi connectivity index (χ2v) is 21.2. The third-order valence-corrected chi connectivity index (χ3v) is 17.7. The Labute approximate surface area is 363 Å². The number of hydrogen-bond donors (Lipinski definition) is 9. The van der Waals surface area contributed by atoms with Crippen molar-refractivity contribution in [1.82, 2.24) is 0 Å². The number of fused-ring (bicyclic) bond motifs is 7.